The lowest BCUT2D eigenvalue weighted by atomic mass is 9.93. The fourth-order valence-electron chi connectivity index (χ4n) is 3.58. The molecule has 0 amide bonds. The van der Waals surface area contributed by atoms with Crippen molar-refractivity contribution in [3.8, 4) is 11.5 Å². The van der Waals surface area contributed by atoms with Crippen molar-refractivity contribution in [1.82, 2.24) is 0 Å². The summed E-state index contributed by atoms with van der Waals surface area (Å²) in [5, 5.41) is 0. The highest BCUT2D eigenvalue weighted by Gasteiger charge is 2.17. The van der Waals surface area contributed by atoms with Crippen LogP contribution in [0.5, 0.6) is 11.5 Å². The van der Waals surface area contributed by atoms with Gasteiger partial charge in [-0.15, -0.1) is 0 Å². The molecule has 0 bridgehead atoms. The molecule has 4 nitrogen and oxygen atoms in total. The molecule has 1 heterocycles. The molecule has 0 radical (unpaired) electrons. The van der Waals surface area contributed by atoms with E-state index >= 15 is 0 Å². The Kier molecular flexibility index (Phi) is 8.64. The summed E-state index contributed by atoms with van der Waals surface area (Å²) < 4.78 is 37.4. The number of ether oxygens (including phenoxy) is 4. The number of rotatable bonds is 9. The Balaban J connectivity index is 1.88. The standard InChI is InChI=1S/C28H31FO4/c1-6-20-8-10-24(26(29)14-20)25(19(3)4)15-21(7-2)22-9-11-27(28(16-22)30-5)33-18-23-17-31-12-13-32-23/h6-11,14-16,23H,1,3,12-13,17-18H2,2,4-5H3/b21-7+,25-15+/t23-/m1/s1. The smallest absolute Gasteiger partial charge is 0.161 e. The molecule has 2 aromatic carbocycles. The molecule has 1 fully saturated rings. The predicted molar refractivity (Wildman–Crippen MR) is 132 cm³/mol. The monoisotopic (exact) mass is 450 g/mol. The van der Waals surface area contributed by atoms with E-state index in [9.17, 15) is 4.39 Å². The van der Waals surface area contributed by atoms with Crippen LogP contribution < -0.4 is 9.47 Å². The molecule has 1 saturated heterocycles. The van der Waals surface area contributed by atoms with Gasteiger partial charge in [-0.3, -0.25) is 0 Å². The molecule has 1 aliphatic heterocycles. The van der Waals surface area contributed by atoms with Crippen LogP contribution in [0.25, 0.3) is 17.2 Å². The summed E-state index contributed by atoms with van der Waals surface area (Å²) in [7, 11) is 1.60. The normalized spacial score (nSPS) is 16.9. The first-order valence-electron chi connectivity index (χ1n) is 10.9. The van der Waals surface area contributed by atoms with Gasteiger partial charge in [0.1, 0.15) is 18.5 Å². The van der Waals surface area contributed by atoms with Gasteiger partial charge in [0.2, 0.25) is 0 Å². The average molecular weight is 451 g/mol. The largest absolute Gasteiger partial charge is 0.493 e. The molecule has 0 saturated carbocycles. The van der Waals surface area contributed by atoms with Crippen molar-refractivity contribution in [3.05, 3.63) is 89.8 Å². The summed E-state index contributed by atoms with van der Waals surface area (Å²) in [6, 6.07) is 10.8. The highest BCUT2D eigenvalue weighted by atomic mass is 19.1. The van der Waals surface area contributed by atoms with Gasteiger partial charge in [0.15, 0.2) is 11.5 Å². The van der Waals surface area contributed by atoms with Crippen molar-refractivity contribution in [2.45, 2.75) is 20.0 Å². The highest BCUT2D eigenvalue weighted by Crippen LogP contribution is 2.34. The number of methoxy groups -OCH3 is 1. The topological polar surface area (TPSA) is 36.9 Å². The van der Waals surface area contributed by atoms with Crippen LogP contribution in [-0.2, 0) is 9.47 Å². The van der Waals surface area contributed by atoms with E-state index in [2.05, 4.69) is 13.2 Å². The Labute approximate surface area is 195 Å². The van der Waals surface area contributed by atoms with Crippen LogP contribution in [-0.4, -0.2) is 39.6 Å². The Hall–Kier alpha value is -3.15. The minimum atomic E-state index is -0.313. The van der Waals surface area contributed by atoms with E-state index in [1.54, 1.807) is 19.3 Å². The summed E-state index contributed by atoms with van der Waals surface area (Å²) in [6.07, 6.45) is 5.44. The summed E-state index contributed by atoms with van der Waals surface area (Å²) >= 11 is 0. The summed E-state index contributed by atoms with van der Waals surface area (Å²) in [4.78, 5) is 0. The van der Waals surface area contributed by atoms with Gasteiger partial charge in [0.05, 0.1) is 26.9 Å². The third kappa shape index (κ3) is 6.21. The number of hydrogen-bond donors (Lipinski definition) is 0. The molecule has 0 aliphatic carbocycles. The van der Waals surface area contributed by atoms with E-state index < -0.39 is 0 Å². The molecule has 174 valence electrons. The molecular formula is C28H31FO4. The van der Waals surface area contributed by atoms with E-state index in [-0.39, 0.29) is 11.9 Å². The SMILES string of the molecule is C=Cc1ccc(/C(=C/C(=C\C)c2ccc(OC[C@H]3COCCO3)c(OC)c2)C(=C)C)c(F)c1. The number of halogens is 1. The van der Waals surface area contributed by atoms with Gasteiger partial charge in [-0.2, -0.15) is 0 Å². The zero-order valence-corrected chi connectivity index (χ0v) is 19.5. The minimum Gasteiger partial charge on any atom is -0.493 e. The van der Waals surface area contributed by atoms with Gasteiger partial charge in [0, 0.05) is 5.56 Å². The first-order chi connectivity index (χ1) is 16.0. The van der Waals surface area contributed by atoms with Crippen molar-refractivity contribution >= 4 is 17.2 Å². The lowest BCUT2D eigenvalue weighted by Crippen LogP contribution is -2.33. The Morgan fingerprint density at radius 3 is 2.61 bits per heavy atom. The van der Waals surface area contributed by atoms with Crippen LogP contribution in [0.1, 0.15) is 30.5 Å². The summed E-state index contributed by atoms with van der Waals surface area (Å²) in [5.74, 6) is 0.920. The second-order valence-electron chi connectivity index (χ2n) is 7.77. The van der Waals surface area contributed by atoms with Crippen LogP contribution in [0.3, 0.4) is 0 Å². The van der Waals surface area contributed by atoms with Gasteiger partial charge in [-0.1, -0.05) is 49.1 Å². The van der Waals surface area contributed by atoms with Crippen LogP contribution >= 0.6 is 0 Å². The first-order valence-corrected chi connectivity index (χ1v) is 10.9. The van der Waals surface area contributed by atoms with Crippen molar-refractivity contribution in [3.63, 3.8) is 0 Å². The van der Waals surface area contributed by atoms with Crippen LogP contribution in [0.15, 0.2) is 67.3 Å². The molecule has 0 N–H and O–H groups in total. The van der Waals surface area contributed by atoms with Crippen LogP contribution in [0, 0.1) is 5.82 Å². The van der Waals surface area contributed by atoms with Gasteiger partial charge >= 0.3 is 0 Å². The molecule has 0 aromatic heterocycles. The number of benzene rings is 2. The Morgan fingerprint density at radius 1 is 1.18 bits per heavy atom. The molecule has 3 rings (SSSR count). The maximum atomic E-state index is 14.8. The predicted octanol–water partition coefficient (Wildman–Crippen LogP) is 6.33. The fourth-order valence-corrected chi connectivity index (χ4v) is 3.58. The van der Waals surface area contributed by atoms with E-state index in [0.29, 0.717) is 43.5 Å². The summed E-state index contributed by atoms with van der Waals surface area (Å²) in [5.41, 5.74) is 4.55. The van der Waals surface area contributed by atoms with Gasteiger partial charge in [-0.05, 0) is 60.4 Å². The van der Waals surface area contributed by atoms with E-state index in [1.807, 2.05) is 50.3 Å². The van der Waals surface area contributed by atoms with Gasteiger partial charge in [0.25, 0.3) is 0 Å². The zero-order chi connectivity index (χ0) is 23.8. The second-order valence-corrected chi connectivity index (χ2v) is 7.77. The first kappa shape index (κ1) is 24.5. The highest BCUT2D eigenvalue weighted by molar-refractivity contribution is 5.90. The quantitative estimate of drug-likeness (QED) is 0.418. The maximum absolute atomic E-state index is 14.8. The van der Waals surface area contributed by atoms with Crippen LogP contribution in [0.2, 0.25) is 0 Å². The van der Waals surface area contributed by atoms with E-state index in [0.717, 1.165) is 27.8 Å². The fraction of sp³-hybridized carbons (Fsp3) is 0.286. The van der Waals surface area contributed by atoms with Gasteiger partial charge < -0.3 is 18.9 Å². The molecule has 1 aliphatic rings. The molecule has 5 heteroatoms. The average Bonchev–Trinajstić information content (AvgIpc) is 2.84. The zero-order valence-electron chi connectivity index (χ0n) is 19.5. The molecule has 0 spiro atoms. The van der Waals surface area contributed by atoms with Crippen molar-refractivity contribution in [1.29, 1.82) is 0 Å². The number of allylic oxidation sites excluding steroid dienone is 5. The van der Waals surface area contributed by atoms with Crippen molar-refractivity contribution in [2.75, 3.05) is 33.5 Å². The van der Waals surface area contributed by atoms with E-state index in [1.165, 1.54) is 6.07 Å². The lowest BCUT2D eigenvalue weighted by molar-refractivity contribution is -0.101. The molecular weight excluding hydrogens is 419 g/mol. The minimum absolute atomic E-state index is 0.0994. The summed E-state index contributed by atoms with van der Waals surface area (Å²) in [6.45, 7) is 13.7. The Bertz CT molecular complexity index is 1060. The third-order valence-corrected chi connectivity index (χ3v) is 5.40. The van der Waals surface area contributed by atoms with E-state index in [4.69, 9.17) is 18.9 Å². The number of hydrogen-bond acceptors (Lipinski definition) is 4. The molecule has 33 heavy (non-hydrogen) atoms. The molecule has 0 unspecified atom stereocenters. The van der Waals surface area contributed by atoms with Crippen LogP contribution in [0.4, 0.5) is 4.39 Å². The molecule has 2 aromatic rings. The molecule has 1 atom stereocenters. The maximum Gasteiger partial charge on any atom is 0.161 e. The second kappa shape index (κ2) is 11.6. The van der Waals surface area contributed by atoms with Crippen molar-refractivity contribution in [2.24, 2.45) is 0 Å². The lowest BCUT2D eigenvalue weighted by Gasteiger charge is -2.23. The Morgan fingerprint density at radius 2 is 2.00 bits per heavy atom. The van der Waals surface area contributed by atoms with Crippen molar-refractivity contribution < 1.29 is 23.3 Å². The van der Waals surface area contributed by atoms with Gasteiger partial charge in [-0.25, -0.2) is 4.39 Å². The third-order valence-electron chi connectivity index (χ3n) is 5.40.